The van der Waals surface area contributed by atoms with Crippen molar-refractivity contribution in [1.29, 1.82) is 0 Å². The lowest BCUT2D eigenvalue weighted by molar-refractivity contribution is 0.305. The van der Waals surface area contributed by atoms with Gasteiger partial charge < -0.3 is 15.2 Å². The van der Waals surface area contributed by atoms with Crippen LogP contribution in [-0.4, -0.2) is 38.3 Å². The Hall–Kier alpha value is -2.04. The van der Waals surface area contributed by atoms with Crippen LogP contribution in [0.2, 0.25) is 0 Å². The molecule has 0 spiro atoms. The number of methoxy groups -OCH3 is 1. The largest absolute Gasteiger partial charge is 0.493 e. The Morgan fingerprint density at radius 3 is 2.56 bits per heavy atom. The molecule has 1 aliphatic rings. The molecule has 0 aliphatic carbocycles. The molecule has 134 valence electrons. The monoisotopic (exact) mass is 340 g/mol. The third-order valence-corrected chi connectivity index (χ3v) is 4.98. The number of ether oxygens (including phenoxy) is 2. The van der Waals surface area contributed by atoms with E-state index in [1.54, 1.807) is 7.11 Å². The Balaban J connectivity index is 1.71. The lowest BCUT2D eigenvalue weighted by Gasteiger charge is -2.17. The van der Waals surface area contributed by atoms with Crippen LogP contribution in [0.15, 0.2) is 48.5 Å². The fourth-order valence-corrected chi connectivity index (χ4v) is 3.75. The molecule has 1 heterocycles. The summed E-state index contributed by atoms with van der Waals surface area (Å²) in [5.41, 5.74) is 8.69. The Labute approximate surface area is 150 Å². The molecule has 2 atom stereocenters. The molecule has 0 aromatic heterocycles. The van der Waals surface area contributed by atoms with Crippen molar-refractivity contribution in [3.8, 4) is 11.5 Å². The lowest BCUT2D eigenvalue weighted by Crippen LogP contribution is -2.23. The molecule has 25 heavy (non-hydrogen) atoms. The fourth-order valence-electron chi connectivity index (χ4n) is 3.75. The molecule has 0 bridgehead atoms. The van der Waals surface area contributed by atoms with Crippen LogP contribution in [-0.2, 0) is 6.54 Å². The summed E-state index contributed by atoms with van der Waals surface area (Å²) in [5.74, 6) is 2.62. The zero-order chi connectivity index (χ0) is 17.6. The Morgan fingerprint density at radius 1 is 1.08 bits per heavy atom. The predicted molar refractivity (Wildman–Crippen MR) is 101 cm³/mol. The smallest absolute Gasteiger partial charge is 0.161 e. The summed E-state index contributed by atoms with van der Waals surface area (Å²) < 4.78 is 11.1. The topological polar surface area (TPSA) is 47.7 Å². The van der Waals surface area contributed by atoms with Crippen molar-refractivity contribution >= 4 is 0 Å². The average Bonchev–Trinajstić information content (AvgIpc) is 3.06. The van der Waals surface area contributed by atoms with E-state index in [0.29, 0.717) is 18.4 Å². The first-order valence-electron chi connectivity index (χ1n) is 9.02. The van der Waals surface area contributed by atoms with Crippen LogP contribution in [0.25, 0.3) is 0 Å². The molecule has 0 amide bonds. The van der Waals surface area contributed by atoms with E-state index in [2.05, 4.69) is 47.4 Å². The maximum atomic E-state index is 6.05. The van der Waals surface area contributed by atoms with Crippen LogP contribution >= 0.6 is 0 Å². The lowest BCUT2D eigenvalue weighted by atomic mass is 9.89. The van der Waals surface area contributed by atoms with E-state index >= 15 is 0 Å². The van der Waals surface area contributed by atoms with E-state index in [1.807, 2.05) is 13.0 Å². The molecule has 1 aliphatic heterocycles. The van der Waals surface area contributed by atoms with Crippen LogP contribution in [0.1, 0.15) is 24.0 Å². The average molecular weight is 340 g/mol. The van der Waals surface area contributed by atoms with Gasteiger partial charge in [0.25, 0.3) is 0 Å². The van der Waals surface area contributed by atoms with Gasteiger partial charge in [-0.25, -0.2) is 0 Å². The number of hydrogen-bond donors (Lipinski definition) is 1. The van der Waals surface area contributed by atoms with E-state index in [9.17, 15) is 0 Å². The van der Waals surface area contributed by atoms with Gasteiger partial charge in [0.05, 0.1) is 13.7 Å². The van der Waals surface area contributed by atoms with Gasteiger partial charge in [0.15, 0.2) is 11.5 Å². The highest BCUT2D eigenvalue weighted by Gasteiger charge is 2.32. The van der Waals surface area contributed by atoms with Gasteiger partial charge in [-0.05, 0) is 42.6 Å². The van der Waals surface area contributed by atoms with Gasteiger partial charge in [-0.3, -0.25) is 4.90 Å². The molecule has 4 nitrogen and oxygen atoms in total. The van der Waals surface area contributed by atoms with Gasteiger partial charge in [0.1, 0.15) is 0 Å². The predicted octanol–water partition coefficient (Wildman–Crippen LogP) is 3.27. The van der Waals surface area contributed by atoms with Crippen LogP contribution in [0.3, 0.4) is 0 Å². The quantitative estimate of drug-likeness (QED) is 0.840. The van der Waals surface area contributed by atoms with Crippen molar-refractivity contribution in [2.24, 2.45) is 11.7 Å². The number of rotatable bonds is 7. The number of nitrogens with two attached hydrogens (primary N) is 1. The van der Waals surface area contributed by atoms with Gasteiger partial charge in [-0.1, -0.05) is 36.4 Å². The minimum atomic E-state index is 0.506. The first-order chi connectivity index (χ1) is 12.2. The van der Waals surface area contributed by atoms with Gasteiger partial charge in [0, 0.05) is 25.6 Å². The number of nitrogens with zero attached hydrogens (tertiary/aromatic N) is 1. The first kappa shape index (κ1) is 17.8. The van der Waals surface area contributed by atoms with Crippen LogP contribution < -0.4 is 15.2 Å². The van der Waals surface area contributed by atoms with Crippen molar-refractivity contribution in [2.45, 2.75) is 19.4 Å². The van der Waals surface area contributed by atoms with E-state index < -0.39 is 0 Å². The van der Waals surface area contributed by atoms with Gasteiger partial charge in [-0.15, -0.1) is 0 Å². The molecular formula is C21H28N2O2. The summed E-state index contributed by atoms with van der Waals surface area (Å²) in [5, 5.41) is 0. The SMILES string of the molecule is CCOc1ccc(CN2C[C@@H](CN)[C@H](c3ccccc3)C2)cc1OC. The molecule has 2 aromatic carbocycles. The molecule has 0 saturated carbocycles. The maximum Gasteiger partial charge on any atom is 0.161 e. The zero-order valence-electron chi connectivity index (χ0n) is 15.2. The maximum absolute atomic E-state index is 6.05. The molecular weight excluding hydrogens is 312 g/mol. The summed E-state index contributed by atoms with van der Waals surface area (Å²) >= 11 is 0. The summed E-state index contributed by atoms with van der Waals surface area (Å²) in [6.45, 7) is 6.32. The molecule has 2 N–H and O–H groups in total. The van der Waals surface area contributed by atoms with Gasteiger partial charge in [0.2, 0.25) is 0 Å². The Bertz CT molecular complexity index is 675. The Morgan fingerprint density at radius 2 is 1.88 bits per heavy atom. The van der Waals surface area contributed by atoms with Crippen molar-refractivity contribution in [1.82, 2.24) is 4.90 Å². The molecule has 0 radical (unpaired) electrons. The summed E-state index contributed by atoms with van der Waals surface area (Å²) in [4.78, 5) is 2.49. The first-order valence-corrected chi connectivity index (χ1v) is 9.02. The highest BCUT2D eigenvalue weighted by molar-refractivity contribution is 5.43. The normalized spacial score (nSPS) is 20.6. The highest BCUT2D eigenvalue weighted by atomic mass is 16.5. The minimum Gasteiger partial charge on any atom is -0.493 e. The van der Waals surface area contributed by atoms with E-state index in [1.165, 1.54) is 11.1 Å². The molecule has 3 rings (SSSR count). The number of hydrogen-bond acceptors (Lipinski definition) is 4. The van der Waals surface area contributed by atoms with Crippen LogP contribution in [0.5, 0.6) is 11.5 Å². The molecule has 4 heteroatoms. The second kappa shape index (κ2) is 8.37. The third kappa shape index (κ3) is 4.14. The second-order valence-corrected chi connectivity index (χ2v) is 6.63. The van der Waals surface area contributed by atoms with Gasteiger partial charge in [-0.2, -0.15) is 0 Å². The molecule has 2 aromatic rings. The second-order valence-electron chi connectivity index (χ2n) is 6.63. The van der Waals surface area contributed by atoms with Crippen LogP contribution in [0.4, 0.5) is 0 Å². The third-order valence-electron chi connectivity index (χ3n) is 4.98. The summed E-state index contributed by atoms with van der Waals surface area (Å²) in [6.07, 6.45) is 0. The van der Waals surface area contributed by atoms with Crippen molar-refractivity contribution < 1.29 is 9.47 Å². The van der Waals surface area contributed by atoms with Crippen LogP contribution in [0, 0.1) is 5.92 Å². The van der Waals surface area contributed by atoms with Crippen molar-refractivity contribution in [3.05, 3.63) is 59.7 Å². The molecule has 1 saturated heterocycles. The number of benzene rings is 2. The van der Waals surface area contributed by atoms with E-state index in [0.717, 1.165) is 37.7 Å². The van der Waals surface area contributed by atoms with Crippen molar-refractivity contribution in [3.63, 3.8) is 0 Å². The van der Waals surface area contributed by atoms with Crippen molar-refractivity contribution in [2.75, 3.05) is 33.4 Å². The van der Waals surface area contributed by atoms with Gasteiger partial charge >= 0.3 is 0 Å². The van der Waals surface area contributed by atoms with E-state index in [4.69, 9.17) is 15.2 Å². The molecule has 1 fully saturated rings. The highest BCUT2D eigenvalue weighted by Crippen LogP contribution is 2.34. The summed E-state index contributed by atoms with van der Waals surface area (Å²) in [7, 11) is 1.69. The van der Waals surface area contributed by atoms with E-state index in [-0.39, 0.29) is 0 Å². The fraction of sp³-hybridized carbons (Fsp3) is 0.429. The zero-order valence-corrected chi connectivity index (χ0v) is 15.2. The Kier molecular flexibility index (Phi) is 5.95. The standard InChI is InChI=1S/C21H28N2O2/c1-3-25-20-10-9-16(11-21(20)24-2)13-23-14-18(12-22)19(15-23)17-7-5-4-6-8-17/h4-11,18-19H,3,12-15,22H2,1-2H3/t18-,19+/m1/s1. The number of likely N-dealkylation sites (tertiary alicyclic amines) is 1. The minimum absolute atomic E-state index is 0.506. The summed E-state index contributed by atoms with van der Waals surface area (Å²) in [6, 6.07) is 16.9. The molecule has 0 unspecified atom stereocenters.